The van der Waals surface area contributed by atoms with Crippen LogP contribution >= 0.6 is 0 Å². The first-order valence-corrected chi connectivity index (χ1v) is 11.5. The number of aliphatic imine (C=N–C) groups is 1. The van der Waals surface area contributed by atoms with Gasteiger partial charge in [-0.2, -0.15) is 0 Å². The molecular weight excluding hydrogens is 414 g/mol. The minimum Gasteiger partial charge on any atom is -0.497 e. The van der Waals surface area contributed by atoms with Crippen molar-refractivity contribution in [1.29, 1.82) is 0 Å². The number of guanidine groups is 1. The van der Waals surface area contributed by atoms with Crippen LogP contribution in [0.15, 0.2) is 65.9 Å². The van der Waals surface area contributed by atoms with Crippen molar-refractivity contribution >= 4 is 11.6 Å². The molecule has 0 atom stereocenters. The van der Waals surface area contributed by atoms with E-state index in [0.717, 1.165) is 62.1 Å². The summed E-state index contributed by atoms with van der Waals surface area (Å²) in [6.45, 7) is 5.96. The first kappa shape index (κ1) is 24.1. The lowest BCUT2D eigenvalue weighted by Gasteiger charge is -2.20. The van der Waals surface area contributed by atoms with Crippen LogP contribution in [0.2, 0.25) is 0 Å². The van der Waals surface area contributed by atoms with Crippen molar-refractivity contribution in [3.63, 3.8) is 0 Å². The zero-order valence-corrected chi connectivity index (χ0v) is 19.9. The van der Waals surface area contributed by atoms with E-state index in [1.807, 2.05) is 24.3 Å². The maximum atomic E-state index is 5.33. The van der Waals surface area contributed by atoms with Crippen LogP contribution in [-0.4, -0.2) is 54.5 Å². The molecule has 0 saturated carbocycles. The van der Waals surface area contributed by atoms with Gasteiger partial charge in [-0.25, -0.2) is 4.99 Å². The molecule has 0 amide bonds. The molecule has 1 aromatic heterocycles. The van der Waals surface area contributed by atoms with Gasteiger partial charge in [0.05, 0.1) is 13.7 Å². The van der Waals surface area contributed by atoms with Crippen LogP contribution < -0.4 is 20.3 Å². The lowest BCUT2D eigenvalue weighted by atomic mass is 10.2. The Labute approximate surface area is 196 Å². The highest BCUT2D eigenvalue weighted by Gasteiger charge is 2.04. The van der Waals surface area contributed by atoms with Crippen LogP contribution in [0.4, 0.5) is 5.69 Å². The number of benzene rings is 2. The SMILES string of the molecule is CCc1nncn1CCNC(=NCc1cccc(OC)c1)NCCCN(C)c1ccccc1. The first-order chi connectivity index (χ1) is 16.2. The van der Waals surface area contributed by atoms with E-state index in [1.165, 1.54) is 5.69 Å². The molecule has 0 aliphatic rings. The number of hydrogen-bond donors (Lipinski definition) is 2. The minimum absolute atomic E-state index is 0.573. The Morgan fingerprint density at radius 1 is 1.09 bits per heavy atom. The van der Waals surface area contributed by atoms with Crippen molar-refractivity contribution < 1.29 is 4.74 Å². The number of hydrogen-bond acceptors (Lipinski definition) is 5. The molecule has 0 fully saturated rings. The molecule has 2 N–H and O–H groups in total. The van der Waals surface area contributed by atoms with E-state index in [9.17, 15) is 0 Å². The molecular formula is C25H35N7O. The average molecular weight is 450 g/mol. The Balaban J connectivity index is 1.54. The molecule has 8 nitrogen and oxygen atoms in total. The number of aryl methyl sites for hydroxylation is 1. The van der Waals surface area contributed by atoms with E-state index in [2.05, 4.69) is 74.6 Å². The molecule has 0 radical (unpaired) electrons. The van der Waals surface area contributed by atoms with Crippen molar-refractivity contribution in [2.45, 2.75) is 32.9 Å². The van der Waals surface area contributed by atoms with Crippen LogP contribution in [0, 0.1) is 0 Å². The van der Waals surface area contributed by atoms with Gasteiger partial charge in [0.15, 0.2) is 5.96 Å². The highest BCUT2D eigenvalue weighted by atomic mass is 16.5. The average Bonchev–Trinajstić information content (AvgIpc) is 3.32. The largest absolute Gasteiger partial charge is 0.497 e. The summed E-state index contributed by atoms with van der Waals surface area (Å²) >= 11 is 0. The summed E-state index contributed by atoms with van der Waals surface area (Å²) < 4.78 is 7.40. The molecule has 8 heteroatoms. The van der Waals surface area contributed by atoms with E-state index >= 15 is 0 Å². The number of nitrogens with zero attached hydrogens (tertiary/aromatic N) is 5. The van der Waals surface area contributed by atoms with Crippen LogP contribution in [0.5, 0.6) is 5.75 Å². The van der Waals surface area contributed by atoms with E-state index in [-0.39, 0.29) is 0 Å². The number of anilines is 1. The molecule has 3 aromatic rings. The number of ether oxygens (including phenoxy) is 1. The lowest BCUT2D eigenvalue weighted by molar-refractivity contribution is 0.414. The van der Waals surface area contributed by atoms with Crippen molar-refractivity contribution in [3.8, 4) is 5.75 Å². The molecule has 2 aromatic carbocycles. The predicted molar refractivity (Wildman–Crippen MR) is 134 cm³/mol. The van der Waals surface area contributed by atoms with E-state index in [1.54, 1.807) is 13.4 Å². The summed E-state index contributed by atoms with van der Waals surface area (Å²) in [5, 5.41) is 15.1. The molecule has 0 aliphatic heterocycles. The molecule has 0 aliphatic carbocycles. The third-order valence-electron chi connectivity index (χ3n) is 5.37. The first-order valence-electron chi connectivity index (χ1n) is 11.5. The topological polar surface area (TPSA) is 79.6 Å². The van der Waals surface area contributed by atoms with E-state index in [4.69, 9.17) is 9.73 Å². The fourth-order valence-corrected chi connectivity index (χ4v) is 3.48. The zero-order valence-electron chi connectivity index (χ0n) is 19.9. The lowest BCUT2D eigenvalue weighted by Crippen LogP contribution is -2.40. The Morgan fingerprint density at radius 3 is 2.70 bits per heavy atom. The van der Waals surface area contributed by atoms with Gasteiger partial charge in [-0.1, -0.05) is 37.3 Å². The minimum atomic E-state index is 0.573. The van der Waals surface area contributed by atoms with Crippen molar-refractivity contribution in [1.82, 2.24) is 25.4 Å². The van der Waals surface area contributed by atoms with Gasteiger partial charge in [0.1, 0.15) is 17.9 Å². The second-order valence-corrected chi connectivity index (χ2v) is 7.77. The summed E-state index contributed by atoms with van der Waals surface area (Å²) in [5.74, 6) is 2.63. The molecule has 1 heterocycles. The number of methoxy groups -OCH3 is 1. The molecule has 0 unspecified atom stereocenters. The molecule has 176 valence electrons. The van der Waals surface area contributed by atoms with Gasteiger partial charge in [-0.05, 0) is 36.2 Å². The Morgan fingerprint density at radius 2 is 1.91 bits per heavy atom. The quantitative estimate of drug-likeness (QED) is 0.251. The molecule has 3 rings (SSSR count). The number of aromatic nitrogens is 3. The second kappa shape index (κ2) is 13.1. The van der Waals surface area contributed by atoms with Gasteiger partial charge >= 0.3 is 0 Å². The van der Waals surface area contributed by atoms with Crippen LogP contribution in [0.25, 0.3) is 0 Å². The molecule has 0 spiro atoms. The van der Waals surface area contributed by atoms with Crippen LogP contribution in [0.3, 0.4) is 0 Å². The number of nitrogens with one attached hydrogen (secondary N) is 2. The Bertz CT molecular complexity index is 987. The number of rotatable bonds is 12. The summed E-state index contributed by atoms with van der Waals surface area (Å²) in [5.41, 5.74) is 2.33. The summed E-state index contributed by atoms with van der Waals surface area (Å²) in [7, 11) is 3.80. The summed E-state index contributed by atoms with van der Waals surface area (Å²) in [6, 6.07) is 18.4. The molecule has 0 bridgehead atoms. The summed E-state index contributed by atoms with van der Waals surface area (Å²) in [6.07, 6.45) is 3.64. The van der Waals surface area contributed by atoms with E-state index in [0.29, 0.717) is 6.54 Å². The fraction of sp³-hybridized carbons (Fsp3) is 0.400. The van der Waals surface area contributed by atoms with Gasteiger partial charge in [-0.15, -0.1) is 10.2 Å². The van der Waals surface area contributed by atoms with E-state index < -0.39 is 0 Å². The van der Waals surface area contributed by atoms with Crippen molar-refractivity contribution in [2.75, 3.05) is 38.7 Å². The van der Waals surface area contributed by atoms with Gasteiger partial charge in [0, 0.05) is 45.3 Å². The summed E-state index contributed by atoms with van der Waals surface area (Å²) in [4.78, 5) is 7.05. The normalized spacial score (nSPS) is 11.3. The van der Waals surface area contributed by atoms with Crippen LogP contribution in [0.1, 0.15) is 24.7 Å². The maximum absolute atomic E-state index is 5.33. The smallest absolute Gasteiger partial charge is 0.191 e. The Kier molecular flexibility index (Phi) is 9.57. The monoisotopic (exact) mass is 449 g/mol. The van der Waals surface area contributed by atoms with Crippen LogP contribution in [-0.2, 0) is 19.5 Å². The third kappa shape index (κ3) is 7.82. The Hall–Kier alpha value is -3.55. The van der Waals surface area contributed by atoms with Gasteiger partial charge < -0.3 is 24.8 Å². The number of para-hydroxylation sites is 1. The maximum Gasteiger partial charge on any atom is 0.191 e. The molecule has 33 heavy (non-hydrogen) atoms. The van der Waals surface area contributed by atoms with Crippen molar-refractivity contribution in [3.05, 3.63) is 72.3 Å². The van der Waals surface area contributed by atoms with Gasteiger partial charge in [0.25, 0.3) is 0 Å². The fourth-order valence-electron chi connectivity index (χ4n) is 3.48. The van der Waals surface area contributed by atoms with Crippen molar-refractivity contribution in [2.24, 2.45) is 4.99 Å². The van der Waals surface area contributed by atoms with Gasteiger partial charge in [-0.3, -0.25) is 0 Å². The zero-order chi connectivity index (χ0) is 23.3. The standard InChI is InChI=1S/C25H35N7O/c1-4-24-30-29-20-32(24)17-15-27-25(28-19-21-10-8-13-23(18-21)33-3)26-14-9-16-31(2)22-11-6-5-7-12-22/h5-8,10-13,18,20H,4,9,14-17,19H2,1-3H3,(H2,26,27,28). The third-order valence-corrected chi connectivity index (χ3v) is 5.37. The highest BCUT2D eigenvalue weighted by molar-refractivity contribution is 5.79. The molecule has 0 saturated heterocycles. The van der Waals surface area contributed by atoms with Gasteiger partial charge in [0.2, 0.25) is 0 Å². The second-order valence-electron chi connectivity index (χ2n) is 7.77. The highest BCUT2D eigenvalue weighted by Crippen LogP contribution is 2.13. The predicted octanol–water partition coefficient (Wildman–Crippen LogP) is 3.11.